The molecule has 13 nitrogen and oxygen atoms in total. The molecular formula is C27H37N7O6S. The number of anilines is 5. The smallest absolute Gasteiger partial charge is 0.410 e. The Morgan fingerprint density at radius 3 is 2.46 bits per heavy atom. The predicted molar refractivity (Wildman–Crippen MR) is 155 cm³/mol. The van der Waals surface area contributed by atoms with Gasteiger partial charge in [0.2, 0.25) is 17.8 Å². The Bertz CT molecular complexity index is 1470. The molecule has 222 valence electrons. The third kappa shape index (κ3) is 7.04. The standard InChI is InChI=1S/C27H37N7O6S/c1-16(2)34-15-22(35)32(6)21-13-28-25(31-23(21)34)30-19-10-18(11-20(12-19)41(7,38)39)29-24(36)17-8-9-33(14-17)26(37)40-27(3,4)5/h10-13,16-17H,8-9,14-15H2,1-7H3,(H,29,36)(H,28,30,31)/t17-/m0/s1. The van der Waals surface area contributed by atoms with Crippen LogP contribution in [0.5, 0.6) is 0 Å². The maximum atomic E-state index is 13.1. The van der Waals surface area contributed by atoms with Crippen molar-refractivity contribution in [3.05, 3.63) is 24.4 Å². The second-order valence-electron chi connectivity index (χ2n) is 11.6. The fraction of sp³-hybridized carbons (Fsp3) is 0.519. The zero-order valence-electron chi connectivity index (χ0n) is 24.4. The highest BCUT2D eigenvalue weighted by Crippen LogP contribution is 2.33. The van der Waals surface area contributed by atoms with E-state index >= 15 is 0 Å². The van der Waals surface area contributed by atoms with Gasteiger partial charge in [-0.25, -0.2) is 18.2 Å². The molecule has 2 N–H and O–H groups in total. The molecule has 0 radical (unpaired) electrons. The highest BCUT2D eigenvalue weighted by atomic mass is 32.2. The van der Waals surface area contributed by atoms with Crippen molar-refractivity contribution in [2.75, 3.05) is 53.4 Å². The van der Waals surface area contributed by atoms with Gasteiger partial charge in [0.05, 0.1) is 23.6 Å². The second-order valence-corrected chi connectivity index (χ2v) is 13.6. The van der Waals surface area contributed by atoms with Gasteiger partial charge >= 0.3 is 6.09 Å². The first kappa shape index (κ1) is 30.0. The number of carbonyl (C=O) groups is 3. The summed E-state index contributed by atoms with van der Waals surface area (Å²) in [6.07, 6.45) is 2.59. The summed E-state index contributed by atoms with van der Waals surface area (Å²) in [7, 11) is -1.97. The van der Waals surface area contributed by atoms with Crippen LogP contribution in [0.25, 0.3) is 0 Å². The van der Waals surface area contributed by atoms with Gasteiger partial charge < -0.3 is 30.1 Å². The van der Waals surface area contributed by atoms with E-state index in [0.29, 0.717) is 30.2 Å². The lowest BCUT2D eigenvalue weighted by Gasteiger charge is -2.36. The molecule has 0 spiro atoms. The first-order valence-electron chi connectivity index (χ1n) is 13.3. The predicted octanol–water partition coefficient (Wildman–Crippen LogP) is 3.01. The Morgan fingerprint density at radius 1 is 1.15 bits per heavy atom. The van der Waals surface area contributed by atoms with Crippen molar-refractivity contribution in [1.82, 2.24) is 14.9 Å². The first-order chi connectivity index (χ1) is 19.0. The Morgan fingerprint density at radius 2 is 1.83 bits per heavy atom. The van der Waals surface area contributed by atoms with Crippen LogP contribution in [0, 0.1) is 5.92 Å². The Balaban J connectivity index is 1.56. The molecule has 41 heavy (non-hydrogen) atoms. The maximum absolute atomic E-state index is 13.1. The number of ether oxygens (including phenoxy) is 1. The minimum atomic E-state index is -3.63. The molecule has 0 unspecified atom stereocenters. The van der Waals surface area contributed by atoms with Crippen molar-refractivity contribution in [3.8, 4) is 0 Å². The number of nitrogens with one attached hydrogen (secondary N) is 2. The molecule has 1 aromatic carbocycles. The summed E-state index contributed by atoms with van der Waals surface area (Å²) in [6.45, 7) is 10.0. The topological polar surface area (TPSA) is 154 Å². The molecular weight excluding hydrogens is 550 g/mol. The fourth-order valence-electron chi connectivity index (χ4n) is 4.56. The molecule has 2 aliphatic rings. The zero-order valence-corrected chi connectivity index (χ0v) is 25.2. The monoisotopic (exact) mass is 587 g/mol. The van der Waals surface area contributed by atoms with Crippen molar-refractivity contribution in [2.24, 2.45) is 5.92 Å². The van der Waals surface area contributed by atoms with E-state index in [1.807, 2.05) is 18.7 Å². The lowest BCUT2D eigenvalue weighted by Crippen LogP contribution is -2.47. The average molecular weight is 588 g/mol. The number of hydrogen-bond donors (Lipinski definition) is 2. The normalized spacial score (nSPS) is 17.5. The average Bonchev–Trinajstić information content (AvgIpc) is 3.35. The Labute approximate surface area is 240 Å². The van der Waals surface area contributed by atoms with Gasteiger partial charge in [-0.2, -0.15) is 4.98 Å². The third-order valence-corrected chi connectivity index (χ3v) is 7.85. The van der Waals surface area contributed by atoms with Crippen LogP contribution < -0.4 is 20.4 Å². The molecule has 2 aromatic rings. The molecule has 3 heterocycles. The lowest BCUT2D eigenvalue weighted by molar-refractivity contribution is -0.119. The second kappa shape index (κ2) is 11.1. The van der Waals surface area contributed by atoms with Crippen LogP contribution in [-0.2, 0) is 24.2 Å². The van der Waals surface area contributed by atoms with Gasteiger partial charge in [-0.3, -0.25) is 9.59 Å². The molecule has 1 aromatic heterocycles. The summed E-state index contributed by atoms with van der Waals surface area (Å²) in [5.74, 6) is -0.121. The number of rotatable bonds is 6. The number of sulfone groups is 1. The van der Waals surface area contributed by atoms with Crippen molar-refractivity contribution in [1.29, 1.82) is 0 Å². The fourth-order valence-corrected chi connectivity index (χ4v) is 5.24. The van der Waals surface area contributed by atoms with E-state index in [9.17, 15) is 22.8 Å². The molecule has 0 aliphatic carbocycles. The number of likely N-dealkylation sites (N-methyl/N-ethyl adjacent to an activating group) is 1. The Kier molecular flexibility index (Phi) is 8.16. The summed E-state index contributed by atoms with van der Waals surface area (Å²) >= 11 is 0. The van der Waals surface area contributed by atoms with E-state index in [4.69, 9.17) is 4.74 Å². The van der Waals surface area contributed by atoms with E-state index in [-0.39, 0.29) is 47.5 Å². The van der Waals surface area contributed by atoms with Crippen LogP contribution in [0.3, 0.4) is 0 Å². The molecule has 14 heteroatoms. The van der Waals surface area contributed by atoms with Gasteiger partial charge in [-0.1, -0.05) is 0 Å². The van der Waals surface area contributed by atoms with Gasteiger partial charge in [0.25, 0.3) is 0 Å². The van der Waals surface area contributed by atoms with Crippen LogP contribution in [0.1, 0.15) is 41.0 Å². The highest BCUT2D eigenvalue weighted by Gasteiger charge is 2.34. The van der Waals surface area contributed by atoms with Gasteiger partial charge in [0, 0.05) is 43.8 Å². The number of hydrogen-bond acceptors (Lipinski definition) is 10. The molecule has 0 bridgehead atoms. The molecule has 3 amide bonds. The number of carbonyl (C=O) groups excluding carboxylic acids is 3. The number of amides is 3. The first-order valence-corrected chi connectivity index (χ1v) is 15.2. The van der Waals surface area contributed by atoms with Crippen LogP contribution in [0.4, 0.5) is 33.6 Å². The minimum Gasteiger partial charge on any atom is -0.444 e. The molecule has 0 saturated carbocycles. The molecule has 1 fully saturated rings. The maximum Gasteiger partial charge on any atom is 0.410 e. The molecule has 1 atom stereocenters. The van der Waals surface area contributed by atoms with Crippen LogP contribution >= 0.6 is 0 Å². The van der Waals surface area contributed by atoms with Crippen LogP contribution in [0.2, 0.25) is 0 Å². The van der Waals surface area contributed by atoms with E-state index in [1.54, 1.807) is 33.9 Å². The quantitative estimate of drug-likeness (QED) is 0.515. The van der Waals surface area contributed by atoms with Crippen molar-refractivity contribution >= 4 is 56.6 Å². The number of nitrogens with zero attached hydrogens (tertiary/aromatic N) is 5. The number of aromatic nitrogens is 2. The SMILES string of the molecule is CC(C)N1CC(=O)N(C)c2cnc(Nc3cc(NC(=O)[C@H]4CCN(C(=O)OC(C)(C)C)C4)cc(S(C)(=O)=O)c3)nc21. The summed E-state index contributed by atoms with van der Waals surface area (Å²) in [5.41, 5.74) is 0.537. The van der Waals surface area contributed by atoms with Gasteiger partial charge in [0.15, 0.2) is 15.7 Å². The van der Waals surface area contributed by atoms with E-state index < -0.39 is 27.4 Å². The summed E-state index contributed by atoms with van der Waals surface area (Å²) in [4.78, 5) is 51.7. The van der Waals surface area contributed by atoms with E-state index in [1.165, 1.54) is 28.1 Å². The molecule has 4 rings (SSSR count). The summed E-state index contributed by atoms with van der Waals surface area (Å²) in [5, 5.41) is 5.84. The Hall–Kier alpha value is -3.94. The highest BCUT2D eigenvalue weighted by molar-refractivity contribution is 7.90. The number of benzene rings is 1. The van der Waals surface area contributed by atoms with Gasteiger partial charge in [0.1, 0.15) is 11.3 Å². The van der Waals surface area contributed by atoms with Crippen LogP contribution in [0.15, 0.2) is 29.3 Å². The van der Waals surface area contributed by atoms with Gasteiger partial charge in [-0.05, 0) is 59.2 Å². The largest absolute Gasteiger partial charge is 0.444 e. The molecule has 1 saturated heterocycles. The van der Waals surface area contributed by atoms with Gasteiger partial charge in [-0.15, -0.1) is 0 Å². The van der Waals surface area contributed by atoms with E-state index in [2.05, 4.69) is 20.6 Å². The zero-order chi connectivity index (χ0) is 30.3. The third-order valence-electron chi connectivity index (χ3n) is 6.76. The van der Waals surface area contributed by atoms with Crippen LogP contribution in [-0.4, -0.2) is 85.8 Å². The summed E-state index contributed by atoms with van der Waals surface area (Å²) < 4.78 is 30.3. The van der Waals surface area contributed by atoms with Crippen molar-refractivity contribution in [3.63, 3.8) is 0 Å². The lowest BCUT2D eigenvalue weighted by atomic mass is 10.1. The number of fused-ring (bicyclic) bond motifs is 1. The minimum absolute atomic E-state index is 0.00589. The summed E-state index contributed by atoms with van der Waals surface area (Å²) in [6, 6.07) is 4.41. The van der Waals surface area contributed by atoms with E-state index in [0.717, 1.165) is 6.26 Å². The molecule has 2 aliphatic heterocycles. The van der Waals surface area contributed by atoms with Crippen molar-refractivity contribution < 1.29 is 27.5 Å². The van der Waals surface area contributed by atoms with Crippen molar-refractivity contribution in [2.45, 2.75) is 57.6 Å². The number of likely N-dealkylation sites (tertiary alicyclic amines) is 1.